The molecule has 24 heavy (non-hydrogen) atoms. The van der Waals surface area contributed by atoms with Gasteiger partial charge in [-0.05, 0) is 42.0 Å². The first-order valence-electron chi connectivity index (χ1n) is 7.35. The highest BCUT2D eigenvalue weighted by molar-refractivity contribution is 6.30. The van der Waals surface area contributed by atoms with Gasteiger partial charge in [-0.1, -0.05) is 23.7 Å². The molecule has 0 saturated carbocycles. The van der Waals surface area contributed by atoms with Crippen molar-refractivity contribution in [2.24, 2.45) is 0 Å². The van der Waals surface area contributed by atoms with Crippen LogP contribution in [-0.4, -0.2) is 33.0 Å². The fourth-order valence-electron chi connectivity index (χ4n) is 2.23. The van der Waals surface area contributed by atoms with Gasteiger partial charge in [0.25, 0.3) is 0 Å². The molecule has 0 aliphatic carbocycles. The van der Waals surface area contributed by atoms with Crippen molar-refractivity contribution in [3.63, 3.8) is 0 Å². The Balaban J connectivity index is 1.61. The van der Waals surface area contributed by atoms with Gasteiger partial charge >= 0.3 is 6.03 Å². The monoisotopic (exact) mass is 341 g/mol. The van der Waals surface area contributed by atoms with Gasteiger partial charge in [-0.15, -0.1) is 0 Å². The number of hydrogen-bond acceptors (Lipinski definition) is 3. The number of hydrogen-bond donors (Lipinski definition) is 1. The van der Waals surface area contributed by atoms with Crippen LogP contribution in [0.4, 0.5) is 10.5 Å². The Morgan fingerprint density at radius 3 is 2.54 bits per heavy atom. The number of nitrogens with one attached hydrogen (secondary N) is 1. The van der Waals surface area contributed by atoms with Crippen molar-refractivity contribution in [3.05, 3.63) is 71.5 Å². The number of rotatable bonds is 4. The Bertz CT molecular complexity index is 817. The van der Waals surface area contributed by atoms with Crippen molar-refractivity contribution < 1.29 is 4.79 Å². The van der Waals surface area contributed by atoms with Crippen LogP contribution in [0.15, 0.2) is 60.9 Å². The van der Waals surface area contributed by atoms with E-state index in [1.807, 2.05) is 42.5 Å². The van der Waals surface area contributed by atoms with Crippen molar-refractivity contribution in [1.29, 1.82) is 0 Å². The van der Waals surface area contributed by atoms with Gasteiger partial charge in [-0.2, -0.15) is 15.0 Å². The number of amides is 2. The lowest BCUT2D eigenvalue weighted by molar-refractivity contribution is 0.220. The van der Waals surface area contributed by atoms with E-state index in [0.717, 1.165) is 11.3 Å². The molecule has 0 bridgehead atoms. The number of anilines is 1. The second-order valence-electron chi connectivity index (χ2n) is 5.28. The second kappa shape index (κ2) is 7.14. The number of nitrogens with zero attached hydrogens (tertiary/aromatic N) is 4. The summed E-state index contributed by atoms with van der Waals surface area (Å²) in [6, 6.07) is 14.6. The molecule has 0 saturated heterocycles. The number of carbonyl (C=O) groups excluding carboxylic acids is 1. The summed E-state index contributed by atoms with van der Waals surface area (Å²) < 4.78 is 0. The molecule has 0 aliphatic heterocycles. The molecule has 3 rings (SSSR count). The third-order valence-corrected chi connectivity index (χ3v) is 3.66. The first-order valence-corrected chi connectivity index (χ1v) is 7.73. The van der Waals surface area contributed by atoms with Crippen molar-refractivity contribution in [2.75, 3.05) is 12.4 Å². The molecule has 0 atom stereocenters. The minimum atomic E-state index is -0.195. The lowest BCUT2D eigenvalue weighted by Crippen LogP contribution is -2.30. The van der Waals surface area contributed by atoms with Crippen LogP contribution in [0.1, 0.15) is 5.56 Å². The molecule has 1 heterocycles. The molecule has 0 radical (unpaired) electrons. The molecule has 0 unspecified atom stereocenters. The van der Waals surface area contributed by atoms with Crippen LogP contribution in [0.5, 0.6) is 0 Å². The fourth-order valence-corrected chi connectivity index (χ4v) is 2.44. The van der Waals surface area contributed by atoms with E-state index in [1.165, 1.54) is 4.80 Å². The second-order valence-corrected chi connectivity index (χ2v) is 5.72. The topological polar surface area (TPSA) is 63.1 Å². The lowest BCUT2D eigenvalue weighted by Gasteiger charge is -2.18. The highest BCUT2D eigenvalue weighted by Crippen LogP contribution is 2.14. The van der Waals surface area contributed by atoms with E-state index in [9.17, 15) is 4.79 Å². The maximum atomic E-state index is 12.3. The number of benzene rings is 2. The molecule has 122 valence electrons. The predicted octanol–water partition coefficient (Wildman–Crippen LogP) is 3.58. The number of urea groups is 1. The number of carbonyl (C=O) groups is 1. The van der Waals surface area contributed by atoms with E-state index in [1.54, 1.807) is 30.4 Å². The molecular formula is C17H16ClN5O. The maximum absolute atomic E-state index is 12.3. The van der Waals surface area contributed by atoms with Crippen LogP contribution in [0, 0.1) is 0 Å². The molecule has 1 N–H and O–H groups in total. The third-order valence-electron chi connectivity index (χ3n) is 3.42. The average Bonchev–Trinajstić information content (AvgIpc) is 3.10. The molecule has 0 aliphatic rings. The highest BCUT2D eigenvalue weighted by Gasteiger charge is 2.10. The van der Waals surface area contributed by atoms with Crippen LogP contribution in [0.3, 0.4) is 0 Å². The highest BCUT2D eigenvalue weighted by atomic mass is 35.5. The maximum Gasteiger partial charge on any atom is 0.321 e. The van der Waals surface area contributed by atoms with Crippen LogP contribution in [0.2, 0.25) is 5.02 Å². The number of aromatic nitrogens is 3. The van der Waals surface area contributed by atoms with Crippen LogP contribution in [-0.2, 0) is 6.54 Å². The quantitative estimate of drug-likeness (QED) is 0.788. The summed E-state index contributed by atoms with van der Waals surface area (Å²) >= 11 is 5.96. The SMILES string of the molecule is CN(Cc1cccc(Cl)c1)C(=O)Nc1ccc(-n2nccn2)cc1. The molecule has 0 spiro atoms. The summed E-state index contributed by atoms with van der Waals surface area (Å²) in [5, 5.41) is 11.6. The Morgan fingerprint density at radius 1 is 1.17 bits per heavy atom. The van der Waals surface area contributed by atoms with Gasteiger partial charge in [0.05, 0.1) is 18.1 Å². The van der Waals surface area contributed by atoms with Gasteiger partial charge in [0.1, 0.15) is 0 Å². The summed E-state index contributed by atoms with van der Waals surface area (Å²) in [6.45, 7) is 0.474. The zero-order valence-corrected chi connectivity index (χ0v) is 13.8. The van der Waals surface area contributed by atoms with E-state index in [0.29, 0.717) is 17.3 Å². The average molecular weight is 342 g/mol. The molecule has 6 nitrogen and oxygen atoms in total. The largest absolute Gasteiger partial charge is 0.323 e. The Morgan fingerprint density at radius 2 is 1.88 bits per heavy atom. The number of halogens is 1. The minimum Gasteiger partial charge on any atom is -0.323 e. The lowest BCUT2D eigenvalue weighted by atomic mass is 10.2. The van der Waals surface area contributed by atoms with Gasteiger partial charge in [0, 0.05) is 24.3 Å². The molecule has 1 aromatic heterocycles. The first-order chi connectivity index (χ1) is 11.6. The summed E-state index contributed by atoms with van der Waals surface area (Å²) in [5.74, 6) is 0. The smallest absolute Gasteiger partial charge is 0.321 e. The molecule has 7 heteroatoms. The third kappa shape index (κ3) is 3.91. The Labute approximate surface area is 144 Å². The predicted molar refractivity (Wildman–Crippen MR) is 93.3 cm³/mol. The van der Waals surface area contributed by atoms with Gasteiger partial charge in [-0.25, -0.2) is 4.79 Å². The summed E-state index contributed by atoms with van der Waals surface area (Å²) in [4.78, 5) is 15.4. The summed E-state index contributed by atoms with van der Waals surface area (Å²) in [5.41, 5.74) is 2.50. The molecule has 3 aromatic rings. The molecule has 2 amide bonds. The van der Waals surface area contributed by atoms with Gasteiger partial charge < -0.3 is 10.2 Å². The summed E-state index contributed by atoms with van der Waals surface area (Å²) in [6.07, 6.45) is 3.22. The van der Waals surface area contributed by atoms with Crippen LogP contribution < -0.4 is 5.32 Å². The Hall–Kier alpha value is -2.86. The van der Waals surface area contributed by atoms with Crippen molar-refractivity contribution in [2.45, 2.75) is 6.54 Å². The fraction of sp³-hybridized carbons (Fsp3) is 0.118. The van der Waals surface area contributed by atoms with Gasteiger partial charge in [-0.3, -0.25) is 0 Å². The van der Waals surface area contributed by atoms with Crippen molar-refractivity contribution in [1.82, 2.24) is 19.9 Å². The van der Waals surface area contributed by atoms with Crippen molar-refractivity contribution >= 4 is 23.3 Å². The van der Waals surface area contributed by atoms with E-state index >= 15 is 0 Å². The molecule has 2 aromatic carbocycles. The van der Waals surface area contributed by atoms with Gasteiger partial charge in [0.15, 0.2) is 0 Å². The minimum absolute atomic E-state index is 0.195. The van der Waals surface area contributed by atoms with Crippen molar-refractivity contribution in [3.8, 4) is 5.69 Å². The Kier molecular flexibility index (Phi) is 4.77. The summed E-state index contributed by atoms with van der Waals surface area (Å²) in [7, 11) is 1.73. The standard InChI is InChI=1S/C17H16ClN5O/c1-22(12-13-3-2-4-14(18)11-13)17(24)21-15-5-7-16(8-6-15)23-19-9-10-20-23/h2-11H,12H2,1H3,(H,21,24). The molecular weight excluding hydrogens is 326 g/mol. The van der Waals surface area contributed by atoms with E-state index < -0.39 is 0 Å². The zero-order valence-electron chi connectivity index (χ0n) is 13.1. The van der Waals surface area contributed by atoms with E-state index in [2.05, 4.69) is 15.5 Å². The van der Waals surface area contributed by atoms with E-state index in [4.69, 9.17) is 11.6 Å². The zero-order chi connectivity index (χ0) is 16.9. The molecule has 0 fully saturated rings. The van der Waals surface area contributed by atoms with Crippen LogP contribution in [0.25, 0.3) is 5.69 Å². The van der Waals surface area contributed by atoms with Gasteiger partial charge in [0.2, 0.25) is 0 Å². The normalized spacial score (nSPS) is 10.4. The first kappa shape index (κ1) is 16.0. The van der Waals surface area contributed by atoms with E-state index in [-0.39, 0.29) is 6.03 Å². The van der Waals surface area contributed by atoms with Crippen LogP contribution >= 0.6 is 11.6 Å².